The van der Waals surface area contributed by atoms with Crippen LogP contribution in [-0.4, -0.2) is 13.1 Å². The van der Waals surface area contributed by atoms with Gasteiger partial charge in [-0.15, -0.1) is 0 Å². The Morgan fingerprint density at radius 3 is 2.30 bits per heavy atom. The minimum absolute atomic E-state index is 1.06. The molecule has 1 nitrogen and oxygen atoms in total. The van der Waals surface area contributed by atoms with Crippen molar-refractivity contribution in [3.05, 3.63) is 0 Å². The highest BCUT2D eigenvalue weighted by Gasteiger charge is 2.39. The molecule has 1 N–H and O–H groups in total. The highest BCUT2D eigenvalue weighted by molar-refractivity contribution is 4.89. The van der Waals surface area contributed by atoms with Crippen molar-refractivity contribution in [2.75, 3.05) is 13.1 Å². The molecule has 0 spiro atoms. The Bertz CT molecular complexity index is 116. The molecule has 0 radical (unpaired) electrons. The van der Waals surface area contributed by atoms with Crippen molar-refractivity contribution in [2.24, 2.45) is 17.8 Å². The summed E-state index contributed by atoms with van der Waals surface area (Å²) >= 11 is 0. The van der Waals surface area contributed by atoms with Crippen LogP contribution in [0.1, 0.15) is 26.2 Å². The maximum absolute atomic E-state index is 3.41. The maximum atomic E-state index is 3.41. The van der Waals surface area contributed by atoms with Crippen molar-refractivity contribution in [2.45, 2.75) is 26.2 Å². The second-order valence-electron chi connectivity index (χ2n) is 3.96. The fraction of sp³-hybridized carbons (Fsp3) is 1.00. The van der Waals surface area contributed by atoms with Gasteiger partial charge in [-0.2, -0.15) is 0 Å². The molecule has 10 heavy (non-hydrogen) atoms. The van der Waals surface area contributed by atoms with Gasteiger partial charge in [0.1, 0.15) is 0 Å². The molecular weight excluding hydrogens is 122 g/mol. The molecule has 1 saturated carbocycles. The predicted octanol–water partition coefficient (Wildman–Crippen LogP) is 1.64. The van der Waals surface area contributed by atoms with Crippen LogP contribution >= 0.6 is 0 Å². The average Bonchev–Trinajstić information content (AvgIpc) is 2.69. The van der Waals surface area contributed by atoms with E-state index < -0.39 is 0 Å². The van der Waals surface area contributed by atoms with E-state index in [0.29, 0.717) is 0 Å². The Hall–Kier alpha value is -0.0400. The zero-order valence-corrected chi connectivity index (χ0v) is 6.77. The summed E-state index contributed by atoms with van der Waals surface area (Å²) in [6.45, 7) is 4.94. The fourth-order valence-electron chi connectivity index (χ4n) is 2.28. The van der Waals surface area contributed by atoms with Gasteiger partial charge in [0.2, 0.25) is 0 Å². The van der Waals surface area contributed by atoms with Gasteiger partial charge >= 0.3 is 0 Å². The van der Waals surface area contributed by atoms with Crippen LogP contribution < -0.4 is 5.32 Å². The maximum Gasteiger partial charge on any atom is -0.00462 e. The summed E-state index contributed by atoms with van der Waals surface area (Å²) in [6, 6.07) is 0. The van der Waals surface area contributed by atoms with Crippen molar-refractivity contribution in [1.82, 2.24) is 5.32 Å². The van der Waals surface area contributed by atoms with Gasteiger partial charge in [0.25, 0.3) is 0 Å². The SMILES string of the molecule is CC1CC1C1CCNCC1. The Kier molecular flexibility index (Phi) is 1.69. The van der Waals surface area contributed by atoms with E-state index in [1.165, 1.54) is 32.4 Å². The van der Waals surface area contributed by atoms with E-state index in [4.69, 9.17) is 0 Å². The molecule has 0 aromatic carbocycles. The minimum Gasteiger partial charge on any atom is -0.317 e. The number of hydrogen-bond donors (Lipinski definition) is 1. The standard InChI is InChI=1S/C9H17N/c1-7-6-9(7)8-2-4-10-5-3-8/h7-10H,2-6H2,1H3. The summed E-state index contributed by atoms with van der Waals surface area (Å²) in [7, 11) is 0. The molecule has 1 heteroatoms. The molecule has 1 saturated heterocycles. The summed E-state index contributed by atoms with van der Waals surface area (Å²) in [5.74, 6) is 3.25. The number of piperidine rings is 1. The van der Waals surface area contributed by atoms with Gasteiger partial charge in [0.05, 0.1) is 0 Å². The van der Waals surface area contributed by atoms with Gasteiger partial charge in [-0.3, -0.25) is 0 Å². The zero-order valence-electron chi connectivity index (χ0n) is 6.77. The summed E-state index contributed by atoms with van der Waals surface area (Å²) < 4.78 is 0. The second-order valence-corrected chi connectivity index (χ2v) is 3.96. The number of rotatable bonds is 1. The first kappa shape index (κ1) is 6.66. The van der Waals surface area contributed by atoms with Gasteiger partial charge in [0, 0.05) is 0 Å². The average molecular weight is 139 g/mol. The van der Waals surface area contributed by atoms with Gasteiger partial charge in [-0.05, 0) is 50.1 Å². The highest BCUT2D eigenvalue weighted by Crippen LogP contribution is 2.46. The number of nitrogens with one attached hydrogen (secondary N) is 1. The first-order valence-corrected chi connectivity index (χ1v) is 4.58. The van der Waals surface area contributed by atoms with E-state index in [1.54, 1.807) is 0 Å². The van der Waals surface area contributed by atoms with Crippen LogP contribution in [0.5, 0.6) is 0 Å². The topological polar surface area (TPSA) is 12.0 Å². The van der Waals surface area contributed by atoms with Crippen molar-refractivity contribution in [3.8, 4) is 0 Å². The highest BCUT2D eigenvalue weighted by atomic mass is 14.9. The van der Waals surface area contributed by atoms with Crippen molar-refractivity contribution in [3.63, 3.8) is 0 Å². The third-order valence-corrected chi connectivity index (χ3v) is 3.16. The Morgan fingerprint density at radius 2 is 1.80 bits per heavy atom. The van der Waals surface area contributed by atoms with Gasteiger partial charge in [-0.1, -0.05) is 6.92 Å². The fourth-order valence-corrected chi connectivity index (χ4v) is 2.28. The molecule has 58 valence electrons. The summed E-state index contributed by atoms with van der Waals surface area (Å²) in [5.41, 5.74) is 0. The summed E-state index contributed by atoms with van der Waals surface area (Å²) in [4.78, 5) is 0. The van der Waals surface area contributed by atoms with Crippen molar-refractivity contribution < 1.29 is 0 Å². The van der Waals surface area contributed by atoms with E-state index in [-0.39, 0.29) is 0 Å². The summed E-state index contributed by atoms with van der Waals surface area (Å²) in [6.07, 6.45) is 4.40. The Labute approximate surface area is 63.2 Å². The molecule has 1 heterocycles. The first-order chi connectivity index (χ1) is 4.88. The molecule has 1 aliphatic carbocycles. The minimum atomic E-state index is 1.06. The van der Waals surface area contributed by atoms with Gasteiger partial charge < -0.3 is 5.32 Å². The quantitative estimate of drug-likeness (QED) is 0.582. The molecule has 2 atom stereocenters. The number of hydrogen-bond acceptors (Lipinski definition) is 1. The summed E-state index contributed by atoms with van der Waals surface area (Å²) in [5, 5.41) is 3.41. The van der Waals surface area contributed by atoms with Crippen LogP contribution in [0.3, 0.4) is 0 Å². The van der Waals surface area contributed by atoms with Crippen LogP contribution in [0.2, 0.25) is 0 Å². The molecule has 0 bridgehead atoms. The van der Waals surface area contributed by atoms with Crippen LogP contribution in [0.4, 0.5) is 0 Å². The van der Waals surface area contributed by atoms with Crippen LogP contribution in [0.15, 0.2) is 0 Å². The van der Waals surface area contributed by atoms with Crippen molar-refractivity contribution in [1.29, 1.82) is 0 Å². The first-order valence-electron chi connectivity index (χ1n) is 4.58. The van der Waals surface area contributed by atoms with E-state index in [2.05, 4.69) is 12.2 Å². The lowest BCUT2D eigenvalue weighted by atomic mass is 9.92. The predicted molar refractivity (Wildman–Crippen MR) is 42.9 cm³/mol. The monoisotopic (exact) mass is 139 g/mol. The third kappa shape index (κ3) is 1.20. The van der Waals surface area contributed by atoms with Crippen LogP contribution in [0.25, 0.3) is 0 Å². The molecule has 0 aromatic heterocycles. The zero-order chi connectivity index (χ0) is 6.97. The molecule has 0 amide bonds. The van der Waals surface area contributed by atoms with E-state index in [0.717, 1.165) is 17.8 Å². The molecule has 2 aliphatic rings. The third-order valence-electron chi connectivity index (χ3n) is 3.16. The van der Waals surface area contributed by atoms with Crippen molar-refractivity contribution >= 4 is 0 Å². The van der Waals surface area contributed by atoms with E-state index >= 15 is 0 Å². The largest absolute Gasteiger partial charge is 0.317 e. The van der Waals surface area contributed by atoms with Crippen LogP contribution in [-0.2, 0) is 0 Å². The van der Waals surface area contributed by atoms with Gasteiger partial charge in [-0.25, -0.2) is 0 Å². The van der Waals surface area contributed by atoms with Gasteiger partial charge in [0.15, 0.2) is 0 Å². The molecule has 1 aliphatic heterocycles. The smallest absolute Gasteiger partial charge is 0.00462 e. The van der Waals surface area contributed by atoms with E-state index in [9.17, 15) is 0 Å². The lowest BCUT2D eigenvalue weighted by Crippen LogP contribution is -2.28. The van der Waals surface area contributed by atoms with Crippen LogP contribution in [0, 0.1) is 17.8 Å². The lowest BCUT2D eigenvalue weighted by molar-refractivity contribution is 0.327. The Balaban J connectivity index is 1.81. The molecular formula is C9H17N. The molecule has 2 fully saturated rings. The molecule has 2 unspecified atom stereocenters. The molecule has 0 aromatic rings. The van der Waals surface area contributed by atoms with E-state index in [1.807, 2.05) is 0 Å². The molecule has 2 rings (SSSR count). The second kappa shape index (κ2) is 2.54. The normalized spacial score (nSPS) is 41.7. The lowest BCUT2D eigenvalue weighted by Gasteiger charge is -2.22. The Morgan fingerprint density at radius 1 is 1.20 bits per heavy atom.